The Morgan fingerprint density at radius 3 is 2.58 bits per heavy atom. The summed E-state index contributed by atoms with van der Waals surface area (Å²) in [5.41, 5.74) is 1.51. The number of hydrogen-bond acceptors (Lipinski definition) is 7. The van der Waals surface area contributed by atoms with Crippen molar-refractivity contribution in [3.05, 3.63) is 65.5 Å². The van der Waals surface area contributed by atoms with Gasteiger partial charge in [0.05, 0.1) is 5.56 Å². The van der Waals surface area contributed by atoms with Crippen LogP contribution in [0.5, 0.6) is 0 Å². The van der Waals surface area contributed by atoms with Gasteiger partial charge in [-0.1, -0.05) is 46.7 Å². The molecule has 2 aromatic carbocycles. The molecule has 0 aliphatic rings. The maximum Gasteiger partial charge on any atom is 0.416 e. The topological polar surface area (TPSA) is 77.8 Å². The van der Waals surface area contributed by atoms with Crippen molar-refractivity contribution in [2.24, 2.45) is 0 Å². The fourth-order valence-corrected chi connectivity index (χ4v) is 3.47. The van der Waals surface area contributed by atoms with Crippen molar-refractivity contribution in [1.82, 2.24) is 20.3 Å². The number of nitrogens with zero attached hydrogens (tertiary/aromatic N) is 4. The summed E-state index contributed by atoms with van der Waals surface area (Å²) in [6.07, 6.45) is -3.25. The average molecular weight is 446 g/mol. The second-order valence-electron chi connectivity index (χ2n) is 6.78. The molecule has 10 heteroatoms. The number of rotatable bonds is 7. The summed E-state index contributed by atoms with van der Waals surface area (Å²) in [4.78, 5) is 4.19. The molecule has 4 aromatic rings. The van der Waals surface area contributed by atoms with Crippen LogP contribution in [0.25, 0.3) is 22.8 Å². The zero-order valence-corrected chi connectivity index (χ0v) is 17.2. The first-order chi connectivity index (χ1) is 14.9. The van der Waals surface area contributed by atoms with Crippen molar-refractivity contribution >= 4 is 11.8 Å². The van der Waals surface area contributed by atoms with Gasteiger partial charge in [-0.25, -0.2) is 0 Å². The highest BCUT2D eigenvalue weighted by Gasteiger charge is 2.30. The number of alkyl halides is 3. The molecular formula is C21H17F3N4O2S. The minimum absolute atomic E-state index is 0.133. The predicted molar refractivity (Wildman–Crippen MR) is 108 cm³/mol. The number of thioether (sulfide) groups is 1. The van der Waals surface area contributed by atoms with Gasteiger partial charge in [0.25, 0.3) is 5.22 Å². The van der Waals surface area contributed by atoms with Crippen LogP contribution in [0.3, 0.4) is 0 Å². The van der Waals surface area contributed by atoms with Crippen molar-refractivity contribution in [3.8, 4) is 22.8 Å². The molecule has 2 heterocycles. The van der Waals surface area contributed by atoms with Crippen LogP contribution in [0.2, 0.25) is 0 Å². The van der Waals surface area contributed by atoms with E-state index in [1.54, 1.807) is 0 Å². The van der Waals surface area contributed by atoms with Gasteiger partial charge < -0.3 is 8.94 Å². The lowest BCUT2D eigenvalue weighted by atomic mass is 10.1. The Hall–Kier alpha value is -3.14. The van der Waals surface area contributed by atoms with Crippen LogP contribution in [-0.2, 0) is 12.6 Å². The van der Waals surface area contributed by atoms with E-state index in [-0.39, 0.29) is 11.4 Å². The lowest BCUT2D eigenvalue weighted by Crippen LogP contribution is -2.04. The lowest BCUT2D eigenvalue weighted by Gasteiger charge is -2.06. The molecule has 0 radical (unpaired) electrons. The fraction of sp³-hybridized carbons (Fsp3) is 0.238. The molecule has 160 valence electrons. The third-order valence-electron chi connectivity index (χ3n) is 4.38. The Morgan fingerprint density at radius 2 is 1.81 bits per heavy atom. The highest BCUT2D eigenvalue weighted by Crippen LogP contribution is 2.31. The van der Waals surface area contributed by atoms with Gasteiger partial charge in [0.2, 0.25) is 17.6 Å². The van der Waals surface area contributed by atoms with E-state index in [1.165, 1.54) is 23.9 Å². The van der Waals surface area contributed by atoms with Crippen molar-refractivity contribution in [3.63, 3.8) is 0 Å². The first-order valence-corrected chi connectivity index (χ1v) is 10.4. The van der Waals surface area contributed by atoms with Crippen LogP contribution in [0.4, 0.5) is 13.2 Å². The monoisotopic (exact) mass is 446 g/mol. The SMILES string of the molecule is Cc1ccc(-c2nnc(SCCCc3nc(-c4cccc(C(F)(F)F)c4)no3)o2)cc1. The van der Waals surface area contributed by atoms with Crippen molar-refractivity contribution < 1.29 is 22.1 Å². The third kappa shape index (κ3) is 5.32. The predicted octanol–water partition coefficient (Wildman–Crippen LogP) is 5.84. The molecule has 0 atom stereocenters. The van der Waals surface area contributed by atoms with Crippen LogP contribution in [0, 0.1) is 6.92 Å². The van der Waals surface area contributed by atoms with Crippen LogP contribution >= 0.6 is 11.8 Å². The van der Waals surface area contributed by atoms with Gasteiger partial charge in [0, 0.05) is 23.3 Å². The second-order valence-corrected chi connectivity index (χ2v) is 7.83. The summed E-state index contributed by atoms with van der Waals surface area (Å²) in [5.74, 6) is 1.63. The van der Waals surface area contributed by atoms with E-state index in [4.69, 9.17) is 8.94 Å². The normalized spacial score (nSPS) is 11.7. The van der Waals surface area contributed by atoms with E-state index in [2.05, 4.69) is 20.3 Å². The maximum atomic E-state index is 12.9. The van der Waals surface area contributed by atoms with E-state index >= 15 is 0 Å². The molecule has 6 nitrogen and oxygen atoms in total. The first-order valence-electron chi connectivity index (χ1n) is 9.42. The zero-order chi connectivity index (χ0) is 21.8. The first kappa shape index (κ1) is 21.1. The van der Waals surface area contributed by atoms with E-state index in [9.17, 15) is 13.2 Å². The molecule has 0 fully saturated rings. The van der Waals surface area contributed by atoms with Gasteiger partial charge >= 0.3 is 6.18 Å². The molecule has 0 N–H and O–H groups in total. The van der Waals surface area contributed by atoms with Gasteiger partial charge in [-0.3, -0.25) is 0 Å². The standard InChI is InChI=1S/C21H17F3N4O2S/c1-13-7-9-14(10-8-13)19-26-27-20(29-19)31-11-3-6-17-25-18(28-30-17)15-4-2-5-16(12-15)21(22,23)24/h2,4-5,7-10,12H,3,6,11H2,1H3. The van der Waals surface area contributed by atoms with Crippen molar-refractivity contribution in [1.29, 1.82) is 0 Å². The molecule has 0 amide bonds. The van der Waals surface area contributed by atoms with Crippen molar-refractivity contribution in [2.45, 2.75) is 31.2 Å². The van der Waals surface area contributed by atoms with E-state index in [1.807, 2.05) is 31.2 Å². The Labute approximate surface area is 179 Å². The molecule has 4 rings (SSSR count). The number of hydrogen-bond donors (Lipinski definition) is 0. The third-order valence-corrected chi connectivity index (χ3v) is 5.29. The quantitative estimate of drug-likeness (QED) is 0.261. The van der Waals surface area contributed by atoms with Gasteiger partial charge in [0.15, 0.2) is 0 Å². The highest BCUT2D eigenvalue weighted by molar-refractivity contribution is 7.99. The molecular weight excluding hydrogens is 429 g/mol. The summed E-state index contributed by atoms with van der Waals surface area (Å²) in [7, 11) is 0. The number of halogens is 3. The van der Waals surface area contributed by atoms with Gasteiger partial charge in [-0.2, -0.15) is 18.2 Å². The van der Waals surface area contributed by atoms with Gasteiger partial charge in [-0.15, -0.1) is 10.2 Å². The largest absolute Gasteiger partial charge is 0.416 e. The molecule has 0 aliphatic heterocycles. The summed E-state index contributed by atoms with van der Waals surface area (Å²) < 4.78 is 49.4. The number of benzene rings is 2. The average Bonchev–Trinajstić information content (AvgIpc) is 3.41. The fourth-order valence-electron chi connectivity index (χ4n) is 2.77. The number of aromatic nitrogens is 4. The summed E-state index contributed by atoms with van der Waals surface area (Å²) in [5, 5.41) is 12.3. The molecule has 0 bridgehead atoms. The van der Waals surface area contributed by atoms with E-state index in [0.717, 1.165) is 23.3 Å². The molecule has 0 unspecified atom stereocenters. The van der Waals surface area contributed by atoms with Crippen LogP contribution in [0.1, 0.15) is 23.4 Å². The minimum Gasteiger partial charge on any atom is -0.411 e. The molecule has 0 saturated heterocycles. The Kier molecular flexibility index (Phi) is 6.08. The van der Waals surface area contributed by atoms with Gasteiger partial charge in [0.1, 0.15) is 0 Å². The zero-order valence-electron chi connectivity index (χ0n) is 16.4. The molecule has 0 spiro atoms. The van der Waals surface area contributed by atoms with E-state index < -0.39 is 11.7 Å². The van der Waals surface area contributed by atoms with Crippen LogP contribution in [0.15, 0.2) is 62.7 Å². The molecule has 31 heavy (non-hydrogen) atoms. The smallest absolute Gasteiger partial charge is 0.411 e. The molecule has 2 aromatic heterocycles. The Morgan fingerprint density at radius 1 is 1.00 bits per heavy atom. The van der Waals surface area contributed by atoms with E-state index in [0.29, 0.717) is 35.6 Å². The van der Waals surface area contributed by atoms with Gasteiger partial charge in [-0.05, 0) is 37.6 Å². The number of aryl methyl sites for hydroxylation is 2. The Balaban J connectivity index is 1.30. The highest BCUT2D eigenvalue weighted by atomic mass is 32.2. The van der Waals surface area contributed by atoms with Crippen molar-refractivity contribution in [2.75, 3.05) is 5.75 Å². The lowest BCUT2D eigenvalue weighted by molar-refractivity contribution is -0.137. The van der Waals surface area contributed by atoms with Crippen LogP contribution < -0.4 is 0 Å². The minimum atomic E-state index is -4.42. The van der Waals surface area contributed by atoms with Crippen LogP contribution in [-0.4, -0.2) is 26.1 Å². The summed E-state index contributed by atoms with van der Waals surface area (Å²) >= 11 is 1.41. The summed E-state index contributed by atoms with van der Waals surface area (Å²) in [6.45, 7) is 2.00. The maximum absolute atomic E-state index is 12.9. The Bertz CT molecular complexity index is 1160. The summed E-state index contributed by atoms with van der Waals surface area (Å²) in [6, 6.07) is 12.6. The second kappa shape index (κ2) is 8.93. The molecule has 0 aliphatic carbocycles. The molecule has 0 saturated carbocycles.